The van der Waals surface area contributed by atoms with Crippen LogP contribution in [0.25, 0.3) is 0 Å². The molecule has 0 aliphatic rings. The van der Waals surface area contributed by atoms with Gasteiger partial charge in [0.2, 0.25) is 0 Å². The molecule has 0 radical (unpaired) electrons. The van der Waals surface area contributed by atoms with Crippen molar-refractivity contribution in [1.82, 2.24) is 0 Å². The van der Waals surface area contributed by atoms with Crippen LogP contribution in [-0.4, -0.2) is 15.8 Å². The van der Waals surface area contributed by atoms with Gasteiger partial charge >= 0.3 is 0 Å². The number of benzene rings is 1. The molecule has 2 heteroatoms. The highest BCUT2D eigenvalue weighted by Crippen LogP contribution is 2.33. The minimum atomic E-state index is -0.777. The van der Waals surface area contributed by atoms with Crippen LogP contribution in [0.5, 0.6) is 5.75 Å². The second kappa shape index (κ2) is 3.86. The summed E-state index contributed by atoms with van der Waals surface area (Å²) in [6.07, 6.45) is 0.547. The SMILES string of the molecule is CC(C)(C)C(C)(O)Cc1cccc(O)c1. The summed E-state index contributed by atoms with van der Waals surface area (Å²) in [5.74, 6) is 0.247. The molecule has 0 aliphatic carbocycles. The van der Waals surface area contributed by atoms with Crippen LogP contribution in [0.15, 0.2) is 24.3 Å². The zero-order valence-electron chi connectivity index (χ0n) is 9.91. The van der Waals surface area contributed by atoms with Gasteiger partial charge in [0.25, 0.3) is 0 Å². The van der Waals surface area contributed by atoms with Gasteiger partial charge in [0.15, 0.2) is 0 Å². The summed E-state index contributed by atoms with van der Waals surface area (Å²) >= 11 is 0. The average molecular weight is 208 g/mol. The molecule has 84 valence electrons. The number of aromatic hydroxyl groups is 1. The molecule has 0 amide bonds. The molecule has 2 N–H and O–H groups in total. The first-order chi connectivity index (χ1) is 6.72. The minimum Gasteiger partial charge on any atom is -0.508 e. The number of aliphatic hydroxyl groups is 1. The minimum absolute atomic E-state index is 0.182. The van der Waals surface area contributed by atoms with Crippen molar-refractivity contribution in [1.29, 1.82) is 0 Å². The lowest BCUT2D eigenvalue weighted by Gasteiger charge is -2.37. The van der Waals surface area contributed by atoms with Crippen molar-refractivity contribution >= 4 is 0 Å². The third kappa shape index (κ3) is 2.96. The smallest absolute Gasteiger partial charge is 0.115 e. The number of phenols is 1. The van der Waals surface area contributed by atoms with E-state index < -0.39 is 5.60 Å². The van der Waals surface area contributed by atoms with Crippen molar-refractivity contribution in [3.63, 3.8) is 0 Å². The fraction of sp³-hybridized carbons (Fsp3) is 0.538. The van der Waals surface area contributed by atoms with Gasteiger partial charge in [0, 0.05) is 6.42 Å². The van der Waals surface area contributed by atoms with Crippen LogP contribution in [0, 0.1) is 5.41 Å². The molecular formula is C13H20O2. The van der Waals surface area contributed by atoms with E-state index >= 15 is 0 Å². The quantitative estimate of drug-likeness (QED) is 0.784. The van der Waals surface area contributed by atoms with Crippen molar-refractivity contribution in [3.05, 3.63) is 29.8 Å². The molecule has 0 aromatic heterocycles. The zero-order valence-corrected chi connectivity index (χ0v) is 9.91. The molecule has 0 fully saturated rings. The first-order valence-corrected chi connectivity index (χ1v) is 5.23. The molecule has 0 saturated carbocycles. The number of hydrogen-bond donors (Lipinski definition) is 2. The van der Waals surface area contributed by atoms with Gasteiger partial charge in [0.05, 0.1) is 5.60 Å². The van der Waals surface area contributed by atoms with Crippen molar-refractivity contribution in [2.24, 2.45) is 5.41 Å². The van der Waals surface area contributed by atoms with E-state index in [-0.39, 0.29) is 11.2 Å². The Hall–Kier alpha value is -1.02. The molecule has 0 heterocycles. The van der Waals surface area contributed by atoms with Crippen LogP contribution >= 0.6 is 0 Å². The first kappa shape index (κ1) is 12.1. The van der Waals surface area contributed by atoms with Gasteiger partial charge in [-0.3, -0.25) is 0 Å². The predicted molar refractivity (Wildman–Crippen MR) is 61.9 cm³/mol. The van der Waals surface area contributed by atoms with E-state index in [2.05, 4.69) is 0 Å². The molecule has 1 aromatic carbocycles. The third-order valence-electron chi connectivity index (χ3n) is 3.07. The number of hydrogen-bond acceptors (Lipinski definition) is 2. The molecule has 1 unspecified atom stereocenters. The molecule has 0 aliphatic heterocycles. The lowest BCUT2D eigenvalue weighted by Crippen LogP contribution is -2.41. The lowest BCUT2D eigenvalue weighted by atomic mass is 9.74. The van der Waals surface area contributed by atoms with Gasteiger partial charge in [0.1, 0.15) is 5.75 Å². The van der Waals surface area contributed by atoms with Crippen LogP contribution in [0.4, 0.5) is 0 Å². The van der Waals surface area contributed by atoms with Gasteiger partial charge in [-0.05, 0) is 30.0 Å². The van der Waals surface area contributed by atoms with E-state index in [4.69, 9.17) is 0 Å². The van der Waals surface area contributed by atoms with Gasteiger partial charge in [-0.25, -0.2) is 0 Å². The average Bonchev–Trinajstić information content (AvgIpc) is 2.00. The standard InChI is InChI=1S/C13H20O2/c1-12(2,3)13(4,15)9-10-6-5-7-11(14)8-10/h5-8,14-15H,9H2,1-4H3. The topological polar surface area (TPSA) is 40.5 Å². The zero-order chi connectivity index (χ0) is 11.7. The summed E-state index contributed by atoms with van der Waals surface area (Å²) in [4.78, 5) is 0. The van der Waals surface area contributed by atoms with Crippen LogP contribution in [-0.2, 0) is 6.42 Å². The Morgan fingerprint density at radius 2 is 1.73 bits per heavy atom. The summed E-state index contributed by atoms with van der Waals surface area (Å²) in [5, 5.41) is 19.6. The van der Waals surface area contributed by atoms with Crippen molar-refractivity contribution in [2.75, 3.05) is 0 Å². The second-order valence-electron chi connectivity index (χ2n) is 5.37. The number of rotatable bonds is 2. The maximum absolute atomic E-state index is 10.3. The molecule has 0 bridgehead atoms. The summed E-state index contributed by atoms with van der Waals surface area (Å²) in [6.45, 7) is 7.86. The first-order valence-electron chi connectivity index (χ1n) is 5.23. The Bertz CT molecular complexity index is 335. The lowest BCUT2D eigenvalue weighted by molar-refractivity contribution is -0.0405. The molecule has 0 spiro atoms. The maximum Gasteiger partial charge on any atom is 0.115 e. The van der Waals surface area contributed by atoms with E-state index in [1.54, 1.807) is 18.2 Å². The van der Waals surface area contributed by atoms with Crippen molar-refractivity contribution in [2.45, 2.75) is 39.7 Å². The highest BCUT2D eigenvalue weighted by atomic mass is 16.3. The summed E-state index contributed by atoms with van der Waals surface area (Å²) in [5.41, 5.74) is -0.00544. The fourth-order valence-corrected chi connectivity index (χ4v) is 1.33. The molecule has 1 aromatic rings. The van der Waals surface area contributed by atoms with Crippen LogP contribution in [0.2, 0.25) is 0 Å². The molecule has 0 saturated heterocycles. The molecule has 15 heavy (non-hydrogen) atoms. The Morgan fingerprint density at radius 1 is 1.13 bits per heavy atom. The van der Waals surface area contributed by atoms with E-state index in [1.807, 2.05) is 33.8 Å². The van der Waals surface area contributed by atoms with E-state index in [0.717, 1.165) is 5.56 Å². The summed E-state index contributed by atoms with van der Waals surface area (Å²) in [6, 6.07) is 7.04. The fourth-order valence-electron chi connectivity index (χ4n) is 1.33. The maximum atomic E-state index is 10.3. The Balaban J connectivity index is 2.87. The summed E-state index contributed by atoms with van der Waals surface area (Å²) < 4.78 is 0. The van der Waals surface area contributed by atoms with E-state index in [0.29, 0.717) is 6.42 Å². The van der Waals surface area contributed by atoms with Crippen molar-refractivity contribution < 1.29 is 10.2 Å². The van der Waals surface area contributed by atoms with E-state index in [9.17, 15) is 10.2 Å². The van der Waals surface area contributed by atoms with Gasteiger partial charge in [-0.2, -0.15) is 0 Å². The molecule has 2 nitrogen and oxygen atoms in total. The highest BCUT2D eigenvalue weighted by Gasteiger charge is 2.35. The Kier molecular flexibility index (Phi) is 3.10. The van der Waals surface area contributed by atoms with Gasteiger partial charge in [-0.15, -0.1) is 0 Å². The third-order valence-corrected chi connectivity index (χ3v) is 3.07. The Morgan fingerprint density at radius 3 is 2.20 bits per heavy atom. The predicted octanol–water partition coefficient (Wildman–Crippen LogP) is 2.73. The highest BCUT2D eigenvalue weighted by molar-refractivity contribution is 5.28. The summed E-state index contributed by atoms with van der Waals surface area (Å²) in [7, 11) is 0. The van der Waals surface area contributed by atoms with Crippen LogP contribution in [0.1, 0.15) is 33.3 Å². The van der Waals surface area contributed by atoms with Crippen LogP contribution in [0.3, 0.4) is 0 Å². The van der Waals surface area contributed by atoms with E-state index in [1.165, 1.54) is 0 Å². The van der Waals surface area contributed by atoms with Crippen molar-refractivity contribution in [3.8, 4) is 5.75 Å². The molecular weight excluding hydrogens is 188 g/mol. The monoisotopic (exact) mass is 208 g/mol. The second-order valence-corrected chi connectivity index (χ2v) is 5.37. The Labute approximate surface area is 91.6 Å². The van der Waals surface area contributed by atoms with Gasteiger partial charge in [-0.1, -0.05) is 32.9 Å². The van der Waals surface area contributed by atoms with Crippen LogP contribution < -0.4 is 0 Å². The van der Waals surface area contributed by atoms with Gasteiger partial charge < -0.3 is 10.2 Å². The molecule has 1 atom stereocenters. The normalized spacial score (nSPS) is 16.1. The largest absolute Gasteiger partial charge is 0.508 e. The number of phenolic OH excluding ortho intramolecular Hbond substituents is 1. The molecule has 1 rings (SSSR count).